The molecule has 1 atom stereocenters. The predicted octanol–water partition coefficient (Wildman–Crippen LogP) is 1.01. The van der Waals surface area contributed by atoms with E-state index in [1.165, 1.54) is 0 Å². The molecule has 3 N–H and O–H groups in total. The van der Waals surface area contributed by atoms with E-state index in [0.717, 1.165) is 0 Å². The Morgan fingerprint density at radius 3 is 2.33 bits per heavy atom. The molecule has 0 aromatic heterocycles. The SMILES string of the molecule is CCC(C)(O)/C=C(/C)N. The molecule has 0 fully saturated rings. The Kier molecular flexibility index (Phi) is 2.71. The first-order valence-electron chi connectivity index (χ1n) is 3.15. The Bertz CT molecular complexity index is 112. The lowest BCUT2D eigenvalue weighted by Crippen LogP contribution is -2.20. The van der Waals surface area contributed by atoms with Crippen molar-refractivity contribution >= 4 is 0 Å². The van der Waals surface area contributed by atoms with Crippen molar-refractivity contribution in [3.63, 3.8) is 0 Å². The van der Waals surface area contributed by atoms with Crippen molar-refractivity contribution in [3.05, 3.63) is 11.8 Å². The summed E-state index contributed by atoms with van der Waals surface area (Å²) in [4.78, 5) is 0. The molecule has 0 aliphatic carbocycles. The minimum atomic E-state index is -0.723. The zero-order chi connectivity index (χ0) is 7.49. The molecule has 0 aromatic carbocycles. The zero-order valence-electron chi connectivity index (χ0n) is 6.31. The highest BCUT2D eigenvalue weighted by Crippen LogP contribution is 2.10. The lowest BCUT2D eigenvalue weighted by molar-refractivity contribution is 0.107. The van der Waals surface area contributed by atoms with Crippen molar-refractivity contribution in [2.24, 2.45) is 5.73 Å². The van der Waals surface area contributed by atoms with Gasteiger partial charge in [-0.05, 0) is 26.3 Å². The first kappa shape index (κ1) is 8.50. The van der Waals surface area contributed by atoms with Crippen LogP contribution in [0, 0.1) is 0 Å². The van der Waals surface area contributed by atoms with Crippen molar-refractivity contribution in [2.45, 2.75) is 32.8 Å². The third kappa shape index (κ3) is 4.03. The van der Waals surface area contributed by atoms with Gasteiger partial charge in [-0.1, -0.05) is 6.92 Å². The Morgan fingerprint density at radius 1 is 1.78 bits per heavy atom. The van der Waals surface area contributed by atoms with Gasteiger partial charge in [0.15, 0.2) is 0 Å². The monoisotopic (exact) mass is 129 g/mol. The molecule has 2 nitrogen and oxygen atoms in total. The summed E-state index contributed by atoms with van der Waals surface area (Å²) in [5.74, 6) is 0. The number of allylic oxidation sites excluding steroid dienone is 1. The smallest absolute Gasteiger partial charge is 0.0816 e. The molecule has 2 heteroatoms. The third-order valence-electron chi connectivity index (χ3n) is 1.25. The summed E-state index contributed by atoms with van der Waals surface area (Å²) in [6.07, 6.45) is 2.36. The van der Waals surface area contributed by atoms with Crippen LogP contribution in [0.4, 0.5) is 0 Å². The molecule has 0 aliphatic rings. The highest BCUT2D eigenvalue weighted by Gasteiger charge is 2.12. The van der Waals surface area contributed by atoms with E-state index in [1.807, 2.05) is 6.92 Å². The minimum absolute atomic E-state index is 0.668. The summed E-state index contributed by atoms with van der Waals surface area (Å²) < 4.78 is 0. The molecule has 1 unspecified atom stereocenters. The molecule has 0 saturated heterocycles. The average Bonchev–Trinajstić information content (AvgIpc) is 1.63. The van der Waals surface area contributed by atoms with Crippen LogP contribution in [0.1, 0.15) is 27.2 Å². The number of hydrogen-bond acceptors (Lipinski definition) is 2. The summed E-state index contributed by atoms with van der Waals surface area (Å²) in [5.41, 5.74) is 5.30. The van der Waals surface area contributed by atoms with E-state index in [-0.39, 0.29) is 0 Å². The standard InChI is InChI=1S/C7H15NO/c1-4-7(3,9)5-6(2)8/h5,9H,4,8H2,1-3H3/b6-5-. The van der Waals surface area contributed by atoms with Gasteiger partial charge in [0.25, 0.3) is 0 Å². The van der Waals surface area contributed by atoms with E-state index in [4.69, 9.17) is 5.73 Å². The maximum absolute atomic E-state index is 9.34. The molecule has 9 heavy (non-hydrogen) atoms. The van der Waals surface area contributed by atoms with Crippen LogP contribution in [0.2, 0.25) is 0 Å². The van der Waals surface area contributed by atoms with Crippen LogP contribution in [0.25, 0.3) is 0 Å². The second-order valence-corrected chi connectivity index (χ2v) is 2.60. The molecule has 0 amide bonds. The highest BCUT2D eigenvalue weighted by molar-refractivity contribution is 5.03. The normalized spacial score (nSPS) is 19.3. The van der Waals surface area contributed by atoms with Crippen LogP contribution in [0.5, 0.6) is 0 Å². The van der Waals surface area contributed by atoms with Crippen LogP contribution in [-0.2, 0) is 0 Å². The Morgan fingerprint density at radius 2 is 2.22 bits per heavy atom. The molecule has 0 heterocycles. The summed E-state index contributed by atoms with van der Waals surface area (Å²) in [5, 5.41) is 9.34. The van der Waals surface area contributed by atoms with Gasteiger partial charge >= 0.3 is 0 Å². The van der Waals surface area contributed by atoms with Crippen LogP contribution in [0.15, 0.2) is 11.8 Å². The molecule has 0 aromatic rings. The summed E-state index contributed by atoms with van der Waals surface area (Å²) in [6, 6.07) is 0. The van der Waals surface area contributed by atoms with Gasteiger partial charge < -0.3 is 10.8 Å². The van der Waals surface area contributed by atoms with E-state index in [2.05, 4.69) is 0 Å². The number of hydrogen-bond donors (Lipinski definition) is 2. The van der Waals surface area contributed by atoms with Gasteiger partial charge in [-0.25, -0.2) is 0 Å². The van der Waals surface area contributed by atoms with E-state index in [0.29, 0.717) is 12.1 Å². The molecule has 54 valence electrons. The van der Waals surface area contributed by atoms with Gasteiger partial charge in [0.1, 0.15) is 0 Å². The fraction of sp³-hybridized carbons (Fsp3) is 0.714. The Balaban J connectivity index is 4.01. The number of rotatable bonds is 2. The lowest BCUT2D eigenvalue weighted by atomic mass is 10.0. The molecular weight excluding hydrogens is 114 g/mol. The van der Waals surface area contributed by atoms with Crippen molar-refractivity contribution < 1.29 is 5.11 Å². The van der Waals surface area contributed by atoms with Crippen molar-refractivity contribution in [1.82, 2.24) is 0 Å². The maximum Gasteiger partial charge on any atom is 0.0816 e. The molecule has 0 radical (unpaired) electrons. The molecule has 0 saturated carbocycles. The van der Waals surface area contributed by atoms with Crippen molar-refractivity contribution in [1.29, 1.82) is 0 Å². The minimum Gasteiger partial charge on any atom is -0.402 e. The Hall–Kier alpha value is -0.500. The quantitative estimate of drug-likeness (QED) is 0.584. The van der Waals surface area contributed by atoms with Crippen molar-refractivity contribution in [2.75, 3.05) is 0 Å². The predicted molar refractivity (Wildman–Crippen MR) is 38.9 cm³/mol. The first-order chi connectivity index (χ1) is 3.98. The van der Waals surface area contributed by atoms with Crippen LogP contribution in [-0.4, -0.2) is 10.7 Å². The van der Waals surface area contributed by atoms with Crippen molar-refractivity contribution in [3.8, 4) is 0 Å². The van der Waals surface area contributed by atoms with Gasteiger partial charge in [0.2, 0.25) is 0 Å². The van der Waals surface area contributed by atoms with Crippen LogP contribution >= 0.6 is 0 Å². The molecule has 0 bridgehead atoms. The maximum atomic E-state index is 9.34. The fourth-order valence-electron chi connectivity index (χ4n) is 0.593. The van der Waals surface area contributed by atoms with Gasteiger partial charge in [0, 0.05) is 5.70 Å². The van der Waals surface area contributed by atoms with Gasteiger partial charge in [0.05, 0.1) is 5.60 Å². The molecule has 0 spiro atoms. The topological polar surface area (TPSA) is 46.2 Å². The van der Waals surface area contributed by atoms with E-state index in [9.17, 15) is 5.11 Å². The van der Waals surface area contributed by atoms with E-state index >= 15 is 0 Å². The fourth-order valence-corrected chi connectivity index (χ4v) is 0.593. The van der Waals surface area contributed by atoms with Gasteiger partial charge in [-0.3, -0.25) is 0 Å². The van der Waals surface area contributed by atoms with E-state index in [1.54, 1.807) is 19.9 Å². The summed E-state index contributed by atoms with van der Waals surface area (Å²) >= 11 is 0. The van der Waals surface area contributed by atoms with E-state index < -0.39 is 5.60 Å². The first-order valence-corrected chi connectivity index (χ1v) is 3.15. The summed E-state index contributed by atoms with van der Waals surface area (Å²) in [7, 11) is 0. The second kappa shape index (κ2) is 2.87. The molecular formula is C7H15NO. The largest absolute Gasteiger partial charge is 0.402 e. The number of aliphatic hydroxyl groups is 1. The Labute approximate surface area is 56.4 Å². The summed E-state index contributed by atoms with van der Waals surface area (Å²) in [6.45, 7) is 5.42. The van der Waals surface area contributed by atoms with Gasteiger partial charge in [-0.15, -0.1) is 0 Å². The zero-order valence-corrected chi connectivity index (χ0v) is 6.31. The second-order valence-electron chi connectivity index (χ2n) is 2.60. The molecule has 0 rings (SSSR count). The third-order valence-corrected chi connectivity index (χ3v) is 1.25. The highest BCUT2D eigenvalue weighted by atomic mass is 16.3. The average molecular weight is 129 g/mol. The van der Waals surface area contributed by atoms with Gasteiger partial charge in [-0.2, -0.15) is 0 Å². The molecule has 0 aliphatic heterocycles. The van der Waals surface area contributed by atoms with Crippen LogP contribution < -0.4 is 5.73 Å². The van der Waals surface area contributed by atoms with Crippen LogP contribution in [0.3, 0.4) is 0 Å². The lowest BCUT2D eigenvalue weighted by Gasteiger charge is -2.15. The number of nitrogens with two attached hydrogens (primary N) is 1.